The maximum absolute atomic E-state index is 6.07. The van der Waals surface area contributed by atoms with Crippen molar-refractivity contribution in [3.05, 3.63) is 22.4 Å². The van der Waals surface area contributed by atoms with Gasteiger partial charge in [0.15, 0.2) is 5.96 Å². The molecule has 0 aromatic carbocycles. The van der Waals surface area contributed by atoms with Crippen LogP contribution in [0.2, 0.25) is 0 Å². The van der Waals surface area contributed by atoms with Crippen LogP contribution in [0, 0.1) is 5.92 Å². The SMILES string of the molecule is CN=C(NCC(C)Cc1cccs1)N1CCC(OCC2CCCO2)CC1. The van der Waals surface area contributed by atoms with Gasteiger partial charge in [-0.1, -0.05) is 13.0 Å². The lowest BCUT2D eigenvalue weighted by Crippen LogP contribution is -2.48. The van der Waals surface area contributed by atoms with E-state index in [-0.39, 0.29) is 0 Å². The third-order valence-corrected chi connectivity index (χ3v) is 6.13. The molecule has 2 fully saturated rings. The minimum Gasteiger partial charge on any atom is -0.376 e. The molecular formula is C20H33N3O2S. The highest BCUT2D eigenvalue weighted by Crippen LogP contribution is 2.18. The third kappa shape index (κ3) is 5.96. The smallest absolute Gasteiger partial charge is 0.193 e. The van der Waals surface area contributed by atoms with Crippen molar-refractivity contribution >= 4 is 17.3 Å². The van der Waals surface area contributed by atoms with Crippen LogP contribution in [0.3, 0.4) is 0 Å². The number of aliphatic imine (C=N–C) groups is 1. The Bertz CT molecular complexity index is 535. The van der Waals surface area contributed by atoms with Gasteiger partial charge in [-0.25, -0.2) is 0 Å². The number of nitrogens with one attached hydrogen (secondary N) is 1. The van der Waals surface area contributed by atoms with E-state index in [1.54, 1.807) is 0 Å². The van der Waals surface area contributed by atoms with Crippen LogP contribution in [0.5, 0.6) is 0 Å². The monoisotopic (exact) mass is 379 g/mol. The number of piperidine rings is 1. The van der Waals surface area contributed by atoms with Crippen molar-refractivity contribution in [3.8, 4) is 0 Å². The van der Waals surface area contributed by atoms with Crippen molar-refractivity contribution in [1.29, 1.82) is 0 Å². The predicted octanol–water partition coefficient (Wildman–Crippen LogP) is 3.16. The highest BCUT2D eigenvalue weighted by atomic mass is 32.1. The summed E-state index contributed by atoms with van der Waals surface area (Å²) in [5, 5.41) is 5.71. The lowest BCUT2D eigenvalue weighted by Gasteiger charge is -2.34. The second-order valence-corrected chi connectivity index (χ2v) is 8.50. The molecule has 2 aliphatic heterocycles. The number of thiophene rings is 1. The van der Waals surface area contributed by atoms with Crippen LogP contribution in [0.1, 0.15) is 37.5 Å². The normalized spacial score (nSPS) is 23.4. The van der Waals surface area contributed by atoms with Gasteiger partial charge in [0, 0.05) is 38.2 Å². The molecule has 0 spiro atoms. The van der Waals surface area contributed by atoms with Crippen molar-refractivity contribution in [2.45, 2.75) is 51.2 Å². The Hall–Kier alpha value is -1.11. The van der Waals surface area contributed by atoms with E-state index in [9.17, 15) is 0 Å². The van der Waals surface area contributed by atoms with Crippen molar-refractivity contribution < 1.29 is 9.47 Å². The lowest BCUT2D eigenvalue weighted by molar-refractivity contribution is -0.0367. The zero-order valence-corrected chi connectivity index (χ0v) is 17.0. The van der Waals surface area contributed by atoms with Crippen molar-refractivity contribution in [3.63, 3.8) is 0 Å². The Morgan fingerprint density at radius 3 is 2.92 bits per heavy atom. The molecule has 2 saturated heterocycles. The zero-order chi connectivity index (χ0) is 18.2. The number of rotatable bonds is 7. The molecule has 2 unspecified atom stereocenters. The van der Waals surface area contributed by atoms with Crippen molar-refractivity contribution in [1.82, 2.24) is 10.2 Å². The van der Waals surface area contributed by atoms with Crippen LogP contribution in [-0.2, 0) is 15.9 Å². The first kappa shape index (κ1) is 19.6. The lowest BCUT2D eigenvalue weighted by atomic mass is 10.1. The Balaban J connectivity index is 1.35. The minimum atomic E-state index is 0.326. The molecule has 5 nitrogen and oxygen atoms in total. The van der Waals surface area contributed by atoms with Gasteiger partial charge in [-0.15, -0.1) is 11.3 Å². The maximum atomic E-state index is 6.07. The molecule has 0 saturated carbocycles. The molecule has 146 valence electrons. The van der Waals surface area contributed by atoms with Gasteiger partial charge in [-0.2, -0.15) is 0 Å². The summed E-state index contributed by atoms with van der Waals surface area (Å²) in [6.07, 6.45) is 6.29. The van der Waals surface area contributed by atoms with E-state index in [1.165, 1.54) is 11.3 Å². The molecular weight excluding hydrogens is 346 g/mol. The summed E-state index contributed by atoms with van der Waals surface area (Å²) in [4.78, 5) is 8.31. The van der Waals surface area contributed by atoms with Crippen LogP contribution in [0.25, 0.3) is 0 Å². The van der Waals surface area contributed by atoms with Gasteiger partial charge >= 0.3 is 0 Å². The standard InChI is InChI=1S/C20H33N3O2S/c1-16(13-19-6-4-12-26-19)14-22-20(21-2)23-9-7-17(8-10-23)25-15-18-5-3-11-24-18/h4,6,12,16-18H,3,5,7-11,13-15H2,1-2H3,(H,21,22). The van der Waals surface area contributed by atoms with Gasteiger partial charge in [-0.05, 0) is 49.5 Å². The second kappa shape index (κ2) is 10.3. The van der Waals surface area contributed by atoms with Gasteiger partial charge in [-0.3, -0.25) is 4.99 Å². The van der Waals surface area contributed by atoms with E-state index in [4.69, 9.17) is 9.47 Å². The molecule has 1 aromatic heterocycles. The summed E-state index contributed by atoms with van der Waals surface area (Å²) in [5.41, 5.74) is 0. The third-order valence-electron chi connectivity index (χ3n) is 5.23. The van der Waals surface area contributed by atoms with E-state index in [0.717, 1.165) is 64.5 Å². The molecule has 0 amide bonds. The molecule has 26 heavy (non-hydrogen) atoms. The molecule has 2 atom stereocenters. The van der Waals surface area contributed by atoms with Crippen LogP contribution in [-0.4, -0.2) is 63.0 Å². The average molecular weight is 380 g/mol. The number of hydrogen-bond donors (Lipinski definition) is 1. The summed E-state index contributed by atoms with van der Waals surface area (Å²) in [7, 11) is 1.88. The molecule has 6 heteroatoms. The first-order valence-electron chi connectivity index (χ1n) is 9.95. The Morgan fingerprint density at radius 1 is 1.42 bits per heavy atom. The molecule has 0 radical (unpaired) electrons. The van der Waals surface area contributed by atoms with Gasteiger partial charge in [0.05, 0.1) is 18.8 Å². The minimum absolute atomic E-state index is 0.326. The molecule has 0 bridgehead atoms. The van der Waals surface area contributed by atoms with Crippen molar-refractivity contribution in [2.75, 3.05) is 39.9 Å². The highest BCUT2D eigenvalue weighted by molar-refractivity contribution is 7.09. The average Bonchev–Trinajstić information content (AvgIpc) is 3.35. The fourth-order valence-corrected chi connectivity index (χ4v) is 4.57. The number of guanidine groups is 1. The first-order chi connectivity index (χ1) is 12.7. The fraction of sp³-hybridized carbons (Fsp3) is 0.750. The second-order valence-electron chi connectivity index (χ2n) is 7.47. The van der Waals surface area contributed by atoms with E-state index in [0.29, 0.717) is 18.1 Å². The van der Waals surface area contributed by atoms with Crippen LogP contribution in [0.15, 0.2) is 22.5 Å². The molecule has 1 N–H and O–H groups in total. The topological polar surface area (TPSA) is 46.1 Å². The zero-order valence-electron chi connectivity index (χ0n) is 16.2. The quantitative estimate of drug-likeness (QED) is 0.584. The molecule has 3 rings (SSSR count). The Labute approximate surface area is 161 Å². The van der Waals surface area contributed by atoms with Gasteiger partial charge in [0.1, 0.15) is 0 Å². The van der Waals surface area contributed by atoms with E-state index < -0.39 is 0 Å². The first-order valence-corrected chi connectivity index (χ1v) is 10.8. The summed E-state index contributed by atoms with van der Waals surface area (Å²) >= 11 is 1.84. The van der Waals surface area contributed by atoms with E-state index in [2.05, 4.69) is 39.6 Å². The Kier molecular flexibility index (Phi) is 7.77. The largest absolute Gasteiger partial charge is 0.376 e. The van der Waals surface area contributed by atoms with Crippen LogP contribution in [0.4, 0.5) is 0 Å². The van der Waals surface area contributed by atoms with Crippen LogP contribution >= 0.6 is 11.3 Å². The summed E-state index contributed by atoms with van der Waals surface area (Å²) in [5.74, 6) is 1.62. The molecule has 0 aliphatic carbocycles. The van der Waals surface area contributed by atoms with Gasteiger partial charge in [0.2, 0.25) is 0 Å². The number of likely N-dealkylation sites (tertiary alicyclic amines) is 1. The molecule has 3 heterocycles. The predicted molar refractivity (Wildman–Crippen MR) is 108 cm³/mol. The van der Waals surface area contributed by atoms with Crippen LogP contribution < -0.4 is 5.32 Å². The number of ether oxygens (including phenoxy) is 2. The maximum Gasteiger partial charge on any atom is 0.193 e. The number of hydrogen-bond acceptors (Lipinski definition) is 4. The summed E-state index contributed by atoms with van der Waals surface area (Å²) in [6, 6.07) is 4.35. The van der Waals surface area contributed by atoms with Gasteiger partial charge < -0.3 is 19.7 Å². The molecule has 1 aromatic rings. The fourth-order valence-electron chi connectivity index (χ4n) is 3.70. The summed E-state index contributed by atoms with van der Waals surface area (Å²) < 4.78 is 11.7. The van der Waals surface area contributed by atoms with E-state index >= 15 is 0 Å². The number of nitrogens with zero attached hydrogens (tertiary/aromatic N) is 2. The van der Waals surface area contributed by atoms with Crippen molar-refractivity contribution in [2.24, 2.45) is 10.9 Å². The van der Waals surface area contributed by atoms with Gasteiger partial charge in [0.25, 0.3) is 0 Å². The van der Waals surface area contributed by atoms with E-state index in [1.807, 2.05) is 18.4 Å². The summed E-state index contributed by atoms with van der Waals surface area (Å²) in [6.45, 7) is 6.94. The highest BCUT2D eigenvalue weighted by Gasteiger charge is 2.24. The Morgan fingerprint density at radius 2 is 2.27 bits per heavy atom. The molecule has 2 aliphatic rings.